The van der Waals surface area contributed by atoms with Crippen molar-refractivity contribution < 1.29 is 14.1 Å². The van der Waals surface area contributed by atoms with Crippen LogP contribution in [-0.2, 0) is 4.79 Å². The van der Waals surface area contributed by atoms with Crippen molar-refractivity contribution in [1.82, 2.24) is 15.0 Å². The largest absolute Gasteiger partial charge is 0.351 e. The van der Waals surface area contributed by atoms with E-state index >= 15 is 0 Å². The molecule has 2 aromatic carbocycles. The van der Waals surface area contributed by atoms with Gasteiger partial charge in [-0.3, -0.25) is 9.59 Å². The van der Waals surface area contributed by atoms with Gasteiger partial charge in [-0.05, 0) is 18.1 Å². The summed E-state index contributed by atoms with van der Waals surface area (Å²) in [6.07, 6.45) is 0. The fraction of sp³-hybridized carbons (Fsp3) is 0.261. The average Bonchev–Trinajstić information content (AvgIpc) is 3.21. The minimum absolute atomic E-state index is 0.0602. The number of aryl methyl sites for hydroxylation is 1. The molecule has 0 atom stereocenters. The first-order valence-corrected chi connectivity index (χ1v) is 9.75. The highest BCUT2D eigenvalue weighted by atomic mass is 16.5. The van der Waals surface area contributed by atoms with Crippen LogP contribution in [0.3, 0.4) is 0 Å². The van der Waals surface area contributed by atoms with E-state index in [0.29, 0.717) is 31.9 Å². The van der Waals surface area contributed by atoms with Gasteiger partial charge in [0.1, 0.15) is 0 Å². The summed E-state index contributed by atoms with van der Waals surface area (Å²) in [6.45, 7) is 3.72. The van der Waals surface area contributed by atoms with E-state index in [0.717, 1.165) is 11.1 Å². The Morgan fingerprint density at radius 2 is 1.38 bits per heavy atom. The Kier molecular flexibility index (Phi) is 5.42. The number of carbonyl (C=O) groups is 2. The van der Waals surface area contributed by atoms with Crippen LogP contribution in [0.15, 0.2) is 71.3 Å². The van der Waals surface area contributed by atoms with E-state index in [1.54, 1.807) is 17.9 Å². The van der Waals surface area contributed by atoms with Crippen LogP contribution in [0.4, 0.5) is 0 Å². The summed E-state index contributed by atoms with van der Waals surface area (Å²) in [5, 5.41) is 3.78. The average molecular weight is 389 g/mol. The molecule has 1 saturated heterocycles. The number of hydrogen-bond donors (Lipinski definition) is 0. The van der Waals surface area contributed by atoms with Gasteiger partial charge in [0, 0.05) is 32.2 Å². The molecule has 1 fully saturated rings. The molecular weight excluding hydrogens is 366 g/mol. The lowest BCUT2D eigenvalue weighted by atomic mass is 9.90. The van der Waals surface area contributed by atoms with E-state index in [2.05, 4.69) is 5.16 Å². The van der Waals surface area contributed by atoms with Gasteiger partial charge < -0.3 is 14.3 Å². The molecule has 0 N–H and O–H groups in total. The van der Waals surface area contributed by atoms with Crippen molar-refractivity contribution in [2.75, 3.05) is 26.2 Å². The summed E-state index contributed by atoms with van der Waals surface area (Å²) >= 11 is 0. The molecule has 6 nitrogen and oxygen atoms in total. The van der Waals surface area contributed by atoms with E-state index in [-0.39, 0.29) is 23.5 Å². The highest BCUT2D eigenvalue weighted by Gasteiger charge is 2.31. The van der Waals surface area contributed by atoms with E-state index in [4.69, 9.17) is 4.52 Å². The molecule has 29 heavy (non-hydrogen) atoms. The number of hydrogen-bond acceptors (Lipinski definition) is 4. The van der Waals surface area contributed by atoms with E-state index < -0.39 is 0 Å². The van der Waals surface area contributed by atoms with Crippen LogP contribution in [0.5, 0.6) is 0 Å². The minimum Gasteiger partial charge on any atom is -0.351 e. The maximum atomic E-state index is 13.4. The molecule has 1 aromatic heterocycles. The van der Waals surface area contributed by atoms with Crippen LogP contribution in [0.25, 0.3) is 0 Å². The fourth-order valence-corrected chi connectivity index (χ4v) is 3.70. The van der Waals surface area contributed by atoms with Crippen LogP contribution >= 0.6 is 0 Å². The molecular formula is C23H23N3O3. The van der Waals surface area contributed by atoms with E-state index in [1.807, 2.05) is 65.6 Å². The monoisotopic (exact) mass is 389 g/mol. The van der Waals surface area contributed by atoms with Crippen molar-refractivity contribution in [2.45, 2.75) is 12.8 Å². The summed E-state index contributed by atoms with van der Waals surface area (Å²) < 4.78 is 5.09. The van der Waals surface area contributed by atoms with Gasteiger partial charge >= 0.3 is 0 Å². The summed E-state index contributed by atoms with van der Waals surface area (Å²) in [4.78, 5) is 29.6. The Labute approximate surface area is 169 Å². The second-order valence-corrected chi connectivity index (χ2v) is 7.20. The fourth-order valence-electron chi connectivity index (χ4n) is 3.70. The molecule has 1 aliphatic rings. The summed E-state index contributed by atoms with van der Waals surface area (Å²) in [5.41, 5.74) is 2.62. The molecule has 0 radical (unpaired) electrons. The van der Waals surface area contributed by atoms with Crippen molar-refractivity contribution in [3.05, 3.63) is 89.3 Å². The van der Waals surface area contributed by atoms with E-state index in [1.165, 1.54) is 0 Å². The third-order valence-corrected chi connectivity index (χ3v) is 5.23. The molecule has 1 aliphatic heterocycles. The first-order chi connectivity index (χ1) is 14.1. The van der Waals surface area contributed by atoms with Gasteiger partial charge in [0.15, 0.2) is 0 Å². The van der Waals surface area contributed by atoms with Crippen molar-refractivity contribution >= 4 is 11.8 Å². The summed E-state index contributed by atoms with van der Waals surface area (Å²) in [6, 6.07) is 21.3. The molecule has 6 heteroatoms. The maximum absolute atomic E-state index is 13.4. The maximum Gasteiger partial charge on any atom is 0.292 e. The molecule has 4 rings (SSSR count). The molecule has 3 aromatic rings. The number of rotatable bonds is 4. The third-order valence-electron chi connectivity index (χ3n) is 5.23. The molecule has 0 unspecified atom stereocenters. The van der Waals surface area contributed by atoms with Crippen molar-refractivity contribution in [3.63, 3.8) is 0 Å². The van der Waals surface area contributed by atoms with Gasteiger partial charge in [0.25, 0.3) is 5.91 Å². The van der Waals surface area contributed by atoms with Crippen LogP contribution in [0.2, 0.25) is 0 Å². The number of nitrogens with zero attached hydrogens (tertiary/aromatic N) is 3. The number of carbonyl (C=O) groups excluding carboxylic acids is 2. The van der Waals surface area contributed by atoms with Gasteiger partial charge in [-0.15, -0.1) is 0 Å². The number of aromatic nitrogens is 1. The summed E-state index contributed by atoms with van der Waals surface area (Å²) in [7, 11) is 0. The minimum atomic E-state index is -0.350. The molecule has 2 heterocycles. The normalized spacial score (nSPS) is 14.3. The van der Waals surface area contributed by atoms with Gasteiger partial charge in [0.05, 0.1) is 11.6 Å². The quantitative estimate of drug-likeness (QED) is 0.688. The van der Waals surface area contributed by atoms with Gasteiger partial charge in [-0.25, -0.2) is 0 Å². The number of piperazine rings is 1. The predicted molar refractivity (Wildman–Crippen MR) is 108 cm³/mol. The lowest BCUT2D eigenvalue weighted by Crippen LogP contribution is -2.51. The summed E-state index contributed by atoms with van der Waals surface area (Å²) in [5.74, 6) is -0.226. The lowest BCUT2D eigenvalue weighted by Gasteiger charge is -2.36. The zero-order chi connectivity index (χ0) is 20.2. The highest BCUT2D eigenvalue weighted by molar-refractivity contribution is 5.92. The van der Waals surface area contributed by atoms with Crippen LogP contribution in [-0.4, -0.2) is 52.9 Å². The van der Waals surface area contributed by atoms with Crippen LogP contribution in [0, 0.1) is 6.92 Å². The second kappa shape index (κ2) is 8.31. The SMILES string of the molecule is Cc1cc(C(=O)N2CCN(C(=O)C(c3ccccc3)c3ccccc3)CC2)on1. The Morgan fingerprint density at radius 1 is 0.862 bits per heavy atom. The molecule has 0 spiro atoms. The van der Waals surface area contributed by atoms with Crippen LogP contribution < -0.4 is 0 Å². The Balaban J connectivity index is 1.49. The van der Waals surface area contributed by atoms with Crippen molar-refractivity contribution in [2.24, 2.45) is 0 Å². The zero-order valence-corrected chi connectivity index (χ0v) is 16.3. The molecule has 148 valence electrons. The Bertz CT molecular complexity index is 937. The van der Waals surface area contributed by atoms with Crippen molar-refractivity contribution in [3.8, 4) is 0 Å². The first kappa shape index (κ1) is 18.9. The smallest absolute Gasteiger partial charge is 0.292 e. The Morgan fingerprint density at radius 3 is 1.86 bits per heavy atom. The molecule has 2 amide bonds. The Hall–Kier alpha value is -3.41. The predicted octanol–water partition coefficient (Wildman–Crippen LogP) is 3.10. The molecule has 0 saturated carbocycles. The van der Waals surface area contributed by atoms with Gasteiger partial charge in [-0.2, -0.15) is 0 Å². The highest BCUT2D eigenvalue weighted by Crippen LogP contribution is 2.27. The topological polar surface area (TPSA) is 66.7 Å². The van der Waals surface area contributed by atoms with Crippen LogP contribution in [0.1, 0.15) is 33.3 Å². The van der Waals surface area contributed by atoms with Crippen molar-refractivity contribution in [1.29, 1.82) is 0 Å². The number of benzene rings is 2. The standard InChI is InChI=1S/C23H23N3O3/c1-17-16-20(29-24-17)22(27)25-12-14-26(15-13-25)23(28)21(18-8-4-2-5-9-18)19-10-6-3-7-11-19/h2-11,16,21H,12-15H2,1H3. The van der Waals surface area contributed by atoms with Gasteiger partial charge in [0.2, 0.25) is 11.7 Å². The molecule has 0 bridgehead atoms. The van der Waals surface area contributed by atoms with Gasteiger partial charge in [-0.1, -0.05) is 65.8 Å². The second-order valence-electron chi connectivity index (χ2n) is 7.20. The lowest BCUT2D eigenvalue weighted by molar-refractivity contribution is -0.133. The van der Waals surface area contributed by atoms with E-state index in [9.17, 15) is 9.59 Å². The zero-order valence-electron chi connectivity index (χ0n) is 16.3. The molecule has 0 aliphatic carbocycles. The third kappa shape index (κ3) is 4.06. The number of amides is 2. The first-order valence-electron chi connectivity index (χ1n) is 9.75.